The van der Waals surface area contributed by atoms with Gasteiger partial charge in [0.15, 0.2) is 5.65 Å². The van der Waals surface area contributed by atoms with Gasteiger partial charge in [-0.05, 0) is 38.0 Å². The van der Waals surface area contributed by atoms with Crippen LogP contribution in [-0.2, 0) is 4.74 Å². The minimum Gasteiger partial charge on any atom is -0.374 e. The Kier molecular flexibility index (Phi) is 4.98. The van der Waals surface area contributed by atoms with Crippen molar-refractivity contribution in [2.45, 2.75) is 26.4 Å². The number of rotatable bonds is 7. The van der Waals surface area contributed by atoms with Gasteiger partial charge in [0.25, 0.3) is 0 Å². The largest absolute Gasteiger partial charge is 0.374 e. The fourth-order valence-corrected chi connectivity index (χ4v) is 3.13. The lowest BCUT2D eigenvalue weighted by Gasteiger charge is -2.14. The van der Waals surface area contributed by atoms with Crippen molar-refractivity contribution in [3.05, 3.63) is 66.0 Å². The van der Waals surface area contributed by atoms with Gasteiger partial charge in [-0.3, -0.25) is 0 Å². The van der Waals surface area contributed by atoms with E-state index >= 15 is 0 Å². The Morgan fingerprint density at radius 1 is 1.04 bits per heavy atom. The van der Waals surface area contributed by atoms with Gasteiger partial charge in [-0.15, -0.1) is 5.10 Å². The van der Waals surface area contributed by atoms with Crippen LogP contribution in [-0.4, -0.2) is 32.7 Å². The van der Waals surface area contributed by atoms with Crippen molar-refractivity contribution in [1.29, 1.82) is 0 Å². The Bertz CT molecular complexity index is 1040. The first-order valence-corrected chi connectivity index (χ1v) is 9.25. The molecule has 27 heavy (non-hydrogen) atoms. The van der Waals surface area contributed by atoms with Crippen LogP contribution in [0.2, 0.25) is 0 Å². The van der Waals surface area contributed by atoms with E-state index in [1.807, 2.05) is 49.4 Å². The summed E-state index contributed by atoms with van der Waals surface area (Å²) in [6, 6.07) is 18.3. The molecule has 2 aromatic heterocycles. The zero-order chi connectivity index (χ0) is 18.6. The molecule has 0 spiro atoms. The van der Waals surface area contributed by atoms with Crippen LogP contribution in [0.3, 0.4) is 0 Å². The molecule has 0 aliphatic heterocycles. The lowest BCUT2D eigenvalue weighted by Crippen LogP contribution is -2.12. The highest BCUT2D eigenvalue weighted by Crippen LogP contribution is 2.20. The van der Waals surface area contributed by atoms with E-state index in [9.17, 15) is 0 Å². The third kappa shape index (κ3) is 3.75. The highest BCUT2D eigenvalue weighted by atomic mass is 16.5. The summed E-state index contributed by atoms with van der Waals surface area (Å²) in [5.41, 5.74) is 2.94. The summed E-state index contributed by atoms with van der Waals surface area (Å²) in [7, 11) is 0. The second-order valence-corrected chi connectivity index (χ2v) is 6.55. The molecule has 1 unspecified atom stereocenters. The van der Waals surface area contributed by atoms with Crippen LogP contribution in [0.15, 0.2) is 54.6 Å². The minimum absolute atomic E-state index is 0.0923. The van der Waals surface area contributed by atoms with E-state index in [-0.39, 0.29) is 6.10 Å². The van der Waals surface area contributed by atoms with Gasteiger partial charge in [0.05, 0.1) is 11.6 Å². The Morgan fingerprint density at radius 3 is 2.67 bits per heavy atom. The zero-order valence-corrected chi connectivity index (χ0v) is 15.6. The van der Waals surface area contributed by atoms with Crippen LogP contribution in [0, 0.1) is 6.92 Å². The van der Waals surface area contributed by atoms with Crippen LogP contribution >= 0.6 is 0 Å². The van der Waals surface area contributed by atoms with Gasteiger partial charge >= 0.3 is 0 Å². The van der Waals surface area contributed by atoms with Crippen molar-refractivity contribution in [3.8, 4) is 0 Å². The first-order chi connectivity index (χ1) is 13.2. The topological polar surface area (TPSA) is 64.3 Å². The van der Waals surface area contributed by atoms with Crippen molar-refractivity contribution in [1.82, 2.24) is 19.6 Å². The van der Waals surface area contributed by atoms with Gasteiger partial charge < -0.3 is 10.1 Å². The number of aryl methyl sites for hydroxylation is 1. The molecule has 0 aliphatic rings. The molecule has 1 atom stereocenters. The highest BCUT2D eigenvalue weighted by Gasteiger charge is 2.11. The number of anilines is 1. The normalized spacial score (nSPS) is 12.5. The summed E-state index contributed by atoms with van der Waals surface area (Å²) in [6.07, 6.45) is 0.968. The zero-order valence-electron chi connectivity index (χ0n) is 15.6. The molecular weight excluding hydrogens is 338 g/mol. The molecule has 0 fully saturated rings. The van der Waals surface area contributed by atoms with Gasteiger partial charge in [-0.1, -0.05) is 42.5 Å². The van der Waals surface area contributed by atoms with E-state index in [1.54, 1.807) is 4.52 Å². The van der Waals surface area contributed by atoms with Gasteiger partial charge in [-0.2, -0.15) is 4.52 Å². The number of nitrogens with zero attached hydrogens (tertiary/aromatic N) is 4. The number of fused-ring (bicyclic) bond motifs is 3. The molecule has 138 valence electrons. The van der Waals surface area contributed by atoms with E-state index in [2.05, 4.69) is 34.5 Å². The van der Waals surface area contributed by atoms with Crippen molar-refractivity contribution in [3.63, 3.8) is 0 Å². The lowest BCUT2D eigenvalue weighted by atomic mass is 10.1. The average Bonchev–Trinajstić information content (AvgIpc) is 3.10. The summed E-state index contributed by atoms with van der Waals surface area (Å²) >= 11 is 0. The van der Waals surface area contributed by atoms with Gasteiger partial charge in [0, 0.05) is 18.5 Å². The average molecular weight is 361 g/mol. The number of ether oxygens (including phenoxy) is 1. The number of hydrogen-bond donors (Lipinski definition) is 1. The van der Waals surface area contributed by atoms with Gasteiger partial charge in [-0.25, -0.2) is 9.97 Å². The number of benzene rings is 2. The first kappa shape index (κ1) is 17.4. The number of para-hydroxylation sites is 1. The SMILES string of the molecule is Cc1nc2c3ccccc3nc(NCCCOC(C)c3ccccc3)n2n1. The Hall–Kier alpha value is -2.99. The summed E-state index contributed by atoms with van der Waals surface area (Å²) < 4.78 is 7.72. The smallest absolute Gasteiger partial charge is 0.226 e. The van der Waals surface area contributed by atoms with E-state index in [4.69, 9.17) is 9.72 Å². The van der Waals surface area contributed by atoms with Crippen molar-refractivity contribution in [2.24, 2.45) is 0 Å². The molecule has 2 heterocycles. The van der Waals surface area contributed by atoms with Gasteiger partial charge in [0.1, 0.15) is 5.82 Å². The molecule has 4 aromatic rings. The molecule has 6 nitrogen and oxygen atoms in total. The first-order valence-electron chi connectivity index (χ1n) is 9.25. The Labute approximate surface area is 158 Å². The standard InChI is InChI=1S/C21H23N5O/c1-15(17-9-4-3-5-10-17)27-14-8-13-22-21-24-19-12-7-6-11-18(19)20-23-16(2)25-26(20)21/h3-7,9-12,15H,8,13-14H2,1-2H3,(H,22,24). The van der Waals surface area contributed by atoms with E-state index in [1.165, 1.54) is 5.56 Å². The van der Waals surface area contributed by atoms with Crippen LogP contribution in [0.25, 0.3) is 16.6 Å². The molecule has 0 radical (unpaired) electrons. The fraction of sp³-hybridized carbons (Fsp3) is 0.286. The summed E-state index contributed by atoms with van der Waals surface area (Å²) in [5.74, 6) is 1.44. The molecule has 0 amide bonds. The van der Waals surface area contributed by atoms with Crippen LogP contribution in [0.5, 0.6) is 0 Å². The highest BCUT2D eigenvalue weighted by molar-refractivity contribution is 5.92. The second-order valence-electron chi connectivity index (χ2n) is 6.55. The molecule has 0 bridgehead atoms. The number of aromatic nitrogens is 4. The van der Waals surface area contributed by atoms with Gasteiger partial charge in [0.2, 0.25) is 5.95 Å². The lowest BCUT2D eigenvalue weighted by molar-refractivity contribution is 0.0656. The summed E-state index contributed by atoms with van der Waals surface area (Å²) in [6.45, 7) is 5.40. The van der Waals surface area contributed by atoms with E-state index in [0.29, 0.717) is 12.6 Å². The maximum atomic E-state index is 5.93. The van der Waals surface area contributed by atoms with Crippen molar-refractivity contribution < 1.29 is 4.74 Å². The third-order valence-corrected chi connectivity index (χ3v) is 4.53. The Balaban J connectivity index is 1.40. The molecular formula is C21H23N5O. The Morgan fingerprint density at radius 2 is 1.81 bits per heavy atom. The fourth-order valence-electron chi connectivity index (χ4n) is 3.13. The van der Waals surface area contributed by atoms with E-state index in [0.717, 1.165) is 35.3 Å². The molecule has 0 aliphatic carbocycles. The molecule has 4 rings (SSSR count). The quantitative estimate of drug-likeness (QED) is 0.501. The molecule has 2 aromatic carbocycles. The third-order valence-electron chi connectivity index (χ3n) is 4.53. The van der Waals surface area contributed by atoms with Crippen molar-refractivity contribution in [2.75, 3.05) is 18.5 Å². The summed E-state index contributed by atoms with van der Waals surface area (Å²) in [4.78, 5) is 9.26. The maximum absolute atomic E-state index is 5.93. The van der Waals surface area contributed by atoms with E-state index < -0.39 is 0 Å². The summed E-state index contributed by atoms with van der Waals surface area (Å²) in [5, 5.41) is 8.86. The number of nitrogens with one attached hydrogen (secondary N) is 1. The predicted molar refractivity (Wildman–Crippen MR) is 107 cm³/mol. The number of hydrogen-bond acceptors (Lipinski definition) is 5. The predicted octanol–water partition coefficient (Wildman–Crippen LogP) is 4.17. The monoisotopic (exact) mass is 361 g/mol. The molecule has 1 N–H and O–H groups in total. The molecule has 6 heteroatoms. The second kappa shape index (κ2) is 7.72. The minimum atomic E-state index is 0.0923. The maximum Gasteiger partial charge on any atom is 0.226 e. The van der Waals surface area contributed by atoms with Crippen molar-refractivity contribution >= 4 is 22.5 Å². The molecule has 0 saturated heterocycles. The van der Waals surface area contributed by atoms with Crippen LogP contribution in [0.4, 0.5) is 5.95 Å². The molecule has 0 saturated carbocycles. The van der Waals surface area contributed by atoms with Crippen LogP contribution in [0.1, 0.15) is 30.8 Å². The van der Waals surface area contributed by atoms with Crippen LogP contribution < -0.4 is 5.32 Å².